The number of hydrogen-bond acceptors (Lipinski definition) is 2. The van der Waals surface area contributed by atoms with Crippen molar-refractivity contribution in [3.8, 4) is 0 Å². The first-order valence-corrected chi connectivity index (χ1v) is 15.3. The molecule has 0 aliphatic heterocycles. The Hall–Kier alpha value is -0.0600. The number of allylic oxidation sites excluding steroid dienone is 1. The lowest BCUT2D eigenvalue weighted by molar-refractivity contribution is -0.150. The Morgan fingerprint density at radius 2 is 1.82 bits per heavy atom. The van der Waals surface area contributed by atoms with Gasteiger partial charge in [0.05, 0.1) is 0 Å². The van der Waals surface area contributed by atoms with Gasteiger partial charge in [-0.25, -0.2) is 0 Å². The van der Waals surface area contributed by atoms with Gasteiger partial charge in [-0.2, -0.15) is 0 Å². The molecule has 0 spiro atoms. The lowest BCUT2D eigenvalue weighted by Crippen LogP contribution is -2.51. The molecule has 0 heterocycles. The second-order valence-corrected chi connectivity index (χ2v) is 15.1. The van der Waals surface area contributed by atoms with Gasteiger partial charge < -0.3 is 4.74 Å². The van der Waals surface area contributed by atoms with Crippen molar-refractivity contribution < 1.29 is 9.53 Å². The van der Waals surface area contributed by atoms with Crippen LogP contribution >= 0.6 is 22.6 Å². The van der Waals surface area contributed by atoms with Gasteiger partial charge in [0.25, 0.3) is 0 Å². The summed E-state index contributed by atoms with van der Waals surface area (Å²) in [5, 5.41) is 0. The predicted molar refractivity (Wildman–Crippen MR) is 146 cm³/mol. The molecule has 4 aliphatic carbocycles. The van der Waals surface area contributed by atoms with Crippen molar-refractivity contribution in [2.24, 2.45) is 46.3 Å². The molecule has 33 heavy (non-hydrogen) atoms. The first-order chi connectivity index (χ1) is 15.6. The Kier molecular flexibility index (Phi) is 7.99. The van der Waals surface area contributed by atoms with Crippen LogP contribution in [0.3, 0.4) is 0 Å². The largest absolute Gasteiger partial charge is 0.461 e. The Labute approximate surface area is 217 Å². The molecule has 9 atom stereocenters. The second kappa shape index (κ2) is 10.1. The molecular weight excluding hydrogens is 519 g/mol. The lowest BCUT2D eigenvalue weighted by Gasteiger charge is -2.58. The Balaban J connectivity index is 1.45. The van der Waals surface area contributed by atoms with E-state index in [-0.39, 0.29) is 16.0 Å². The minimum atomic E-state index is -0.0558. The lowest BCUT2D eigenvalue weighted by atomic mass is 9.47. The number of esters is 1. The molecule has 4 rings (SSSR count). The average Bonchev–Trinajstić information content (AvgIpc) is 3.11. The molecule has 188 valence electrons. The number of alkyl halides is 1. The molecular formula is C30H49IO2. The Morgan fingerprint density at radius 1 is 1.06 bits per heavy atom. The average molecular weight is 569 g/mol. The van der Waals surface area contributed by atoms with E-state index in [0.717, 1.165) is 48.3 Å². The number of carbonyl (C=O) groups excluding carboxylic acids is 1. The summed E-state index contributed by atoms with van der Waals surface area (Å²) < 4.78 is 5.81. The molecule has 2 nitrogen and oxygen atoms in total. The van der Waals surface area contributed by atoms with E-state index >= 15 is 0 Å². The zero-order valence-electron chi connectivity index (χ0n) is 22.2. The Bertz CT molecular complexity index is 742. The maximum absolute atomic E-state index is 12.2. The van der Waals surface area contributed by atoms with Crippen molar-refractivity contribution in [2.75, 3.05) is 0 Å². The molecule has 3 heteroatoms. The molecule has 0 aromatic carbocycles. The molecule has 3 fully saturated rings. The summed E-state index contributed by atoms with van der Waals surface area (Å²) in [7, 11) is 0. The normalized spacial score (nSPS) is 42.1. The standard InChI is InChI=1S/C30H49IO2/c1-19(2)8-7-9-20(3)25-12-13-26-24-11-10-22-18-23(33-28(32)21(4)31)14-16-29(22,5)27(24)15-17-30(25,26)6/h10,19-21,23-27H,7-9,11-18H2,1-6H3. The van der Waals surface area contributed by atoms with Crippen LogP contribution in [-0.2, 0) is 9.53 Å². The molecule has 4 aliphatic rings. The van der Waals surface area contributed by atoms with Gasteiger partial charge in [-0.05, 0) is 98.2 Å². The molecule has 9 unspecified atom stereocenters. The van der Waals surface area contributed by atoms with E-state index in [4.69, 9.17) is 4.74 Å². The van der Waals surface area contributed by atoms with Crippen LogP contribution in [0.15, 0.2) is 11.6 Å². The molecule has 0 amide bonds. The van der Waals surface area contributed by atoms with Gasteiger partial charge in [0.1, 0.15) is 10.0 Å². The fourth-order valence-electron chi connectivity index (χ4n) is 9.01. The zero-order valence-corrected chi connectivity index (χ0v) is 24.3. The van der Waals surface area contributed by atoms with Crippen molar-refractivity contribution in [1.82, 2.24) is 0 Å². The van der Waals surface area contributed by atoms with Crippen LogP contribution in [0.1, 0.15) is 112 Å². The van der Waals surface area contributed by atoms with E-state index in [9.17, 15) is 4.79 Å². The first-order valence-electron chi connectivity index (χ1n) is 14.1. The number of halogens is 1. The van der Waals surface area contributed by atoms with Gasteiger partial charge in [-0.1, -0.05) is 88.1 Å². The number of rotatable bonds is 7. The fraction of sp³-hybridized carbons (Fsp3) is 0.900. The van der Waals surface area contributed by atoms with E-state index in [0.29, 0.717) is 10.8 Å². The third kappa shape index (κ3) is 4.96. The Morgan fingerprint density at radius 3 is 2.52 bits per heavy atom. The van der Waals surface area contributed by atoms with Gasteiger partial charge in [0, 0.05) is 6.42 Å². The summed E-state index contributed by atoms with van der Waals surface area (Å²) in [6, 6.07) is 0. The number of carbonyl (C=O) groups is 1. The van der Waals surface area contributed by atoms with Crippen LogP contribution in [0.25, 0.3) is 0 Å². The first kappa shape index (κ1) is 26.0. The predicted octanol–water partition coefficient (Wildman–Crippen LogP) is 8.76. The summed E-state index contributed by atoms with van der Waals surface area (Å²) in [6.45, 7) is 14.5. The highest BCUT2D eigenvalue weighted by molar-refractivity contribution is 14.1. The minimum absolute atomic E-state index is 0.0357. The van der Waals surface area contributed by atoms with Crippen molar-refractivity contribution in [1.29, 1.82) is 0 Å². The van der Waals surface area contributed by atoms with Crippen LogP contribution < -0.4 is 0 Å². The van der Waals surface area contributed by atoms with Crippen LogP contribution in [-0.4, -0.2) is 16.0 Å². The van der Waals surface area contributed by atoms with Crippen molar-refractivity contribution >= 4 is 28.6 Å². The van der Waals surface area contributed by atoms with Crippen molar-refractivity contribution in [2.45, 2.75) is 122 Å². The topological polar surface area (TPSA) is 26.3 Å². The van der Waals surface area contributed by atoms with Gasteiger partial charge in [-0.3, -0.25) is 4.79 Å². The molecule has 0 aromatic rings. The SMILES string of the molecule is CC(C)CCCC(C)C1CCC2C3CC=C4CC(OC(=O)C(C)I)CCC4(C)C3CCC12C. The van der Waals surface area contributed by atoms with Crippen LogP contribution in [0.2, 0.25) is 0 Å². The van der Waals surface area contributed by atoms with Crippen molar-refractivity contribution in [3.63, 3.8) is 0 Å². The van der Waals surface area contributed by atoms with Crippen molar-refractivity contribution in [3.05, 3.63) is 11.6 Å². The molecule has 0 bridgehead atoms. The summed E-state index contributed by atoms with van der Waals surface area (Å²) in [5.41, 5.74) is 2.52. The highest BCUT2D eigenvalue weighted by Gasteiger charge is 2.59. The van der Waals surface area contributed by atoms with E-state index in [1.165, 1.54) is 57.8 Å². The number of ether oxygens (including phenoxy) is 1. The summed E-state index contributed by atoms with van der Waals surface area (Å²) >= 11 is 2.17. The second-order valence-electron chi connectivity index (χ2n) is 13.2. The van der Waals surface area contributed by atoms with E-state index in [1.807, 2.05) is 6.92 Å². The summed E-state index contributed by atoms with van der Waals surface area (Å²) in [5.74, 6) is 5.24. The highest BCUT2D eigenvalue weighted by Crippen LogP contribution is 2.67. The van der Waals surface area contributed by atoms with Crippen LogP contribution in [0.4, 0.5) is 0 Å². The highest BCUT2D eigenvalue weighted by atomic mass is 127. The minimum Gasteiger partial charge on any atom is -0.461 e. The van der Waals surface area contributed by atoms with Gasteiger partial charge >= 0.3 is 5.97 Å². The monoisotopic (exact) mass is 568 g/mol. The number of hydrogen-bond donors (Lipinski definition) is 0. The van der Waals surface area contributed by atoms with Gasteiger partial charge in [-0.15, -0.1) is 0 Å². The molecule has 0 N–H and O–H groups in total. The zero-order chi connectivity index (χ0) is 24.0. The third-order valence-corrected chi connectivity index (χ3v) is 11.4. The summed E-state index contributed by atoms with van der Waals surface area (Å²) in [6.07, 6.45) is 17.2. The summed E-state index contributed by atoms with van der Waals surface area (Å²) in [4.78, 5) is 12.2. The van der Waals surface area contributed by atoms with Crippen LogP contribution in [0.5, 0.6) is 0 Å². The fourth-order valence-corrected chi connectivity index (χ4v) is 9.16. The smallest absolute Gasteiger partial charge is 0.318 e. The molecule has 0 radical (unpaired) electrons. The number of fused-ring (bicyclic) bond motifs is 5. The van der Waals surface area contributed by atoms with Crippen LogP contribution in [0, 0.1) is 46.3 Å². The maximum Gasteiger partial charge on any atom is 0.318 e. The maximum atomic E-state index is 12.2. The van der Waals surface area contributed by atoms with E-state index in [2.05, 4.69) is 63.3 Å². The molecule has 0 aromatic heterocycles. The van der Waals surface area contributed by atoms with Gasteiger partial charge in [0.15, 0.2) is 0 Å². The van der Waals surface area contributed by atoms with E-state index in [1.54, 1.807) is 5.57 Å². The molecule has 0 saturated heterocycles. The molecule has 3 saturated carbocycles. The third-order valence-electron chi connectivity index (χ3n) is 10.9. The quantitative estimate of drug-likeness (QED) is 0.133. The van der Waals surface area contributed by atoms with E-state index < -0.39 is 0 Å². The van der Waals surface area contributed by atoms with Gasteiger partial charge in [0.2, 0.25) is 0 Å².